The Balaban J connectivity index is 2.05. The number of nitro benzene ring substituents is 1. The first-order chi connectivity index (χ1) is 11.6. The van der Waals surface area contributed by atoms with E-state index in [1.54, 1.807) is 0 Å². The van der Waals surface area contributed by atoms with Crippen molar-refractivity contribution >= 4 is 5.69 Å². The summed E-state index contributed by atoms with van der Waals surface area (Å²) in [5, 5.41) is 11.2. The van der Waals surface area contributed by atoms with Gasteiger partial charge in [0.1, 0.15) is 11.9 Å². The number of benzene rings is 3. The fourth-order valence-corrected chi connectivity index (χ4v) is 2.44. The minimum Gasteiger partial charge on any atom is -0.474 e. The van der Waals surface area contributed by atoms with Crippen molar-refractivity contribution in [3.63, 3.8) is 0 Å². The molecule has 120 valence electrons. The second-order valence-electron chi connectivity index (χ2n) is 5.19. The topological polar surface area (TPSA) is 52.4 Å². The highest BCUT2D eigenvalue weighted by molar-refractivity contribution is 5.47. The summed E-state index contributed by atoms with van der Waals surface area (Å²) in [5.41, 5.74) is 1.37. The van der Waals surface area contributed by atoms with Crippen LogP contribution in [0.2, 0.25) is 0 Å². The molecular weight excluding hydrogens is 309 g/mol. The summed E-state index contributed by atoms with van der Waals surface area (Å²) in [7, 11) is 0. The Morgan fingerprint density at radius 2 is 1.42 bits per heavy atom. The second-order valence-corrected chi connectivity index (χ2v) is 5.19. The van der Waals surface area contributed by atoms with Crippen LogP contribution in [0.25, 0.3) is 0 Å². The zero-order valence-corrected chi connectivity index (χ0v) is 12.6. The van der Waals surface area contributed by atoms with E-state index >= 15 is 0 Å². The lowest BCUT2D eigenvalue weighted by molar-refractivity contribution is -0.386. The average molecular weight is 323 g/mol. The third-order valence-corrected chi connectivity index (χ3v) is 3.57. The smallest absolute Gasteiger partial charge is 0.311 e. The first kappa shape index (κ1) is 15.7. The van der Waals surface area contributed by atoms with E-state index < -0.39 is 16.8 Å². The van der Waals surface area contributed by atoms with Gasteiger partial charge in [-0.3, -0.25) is 10.1 Å². The van der Waals surface area contributed by atoms with E-state index in [4.69, 9.17) is 4.74 Å². The molecular formula is C19H14FNO3. The third-order valence-electron chi connectivity index (χ3n) is 3.57. The Hall–Kier alpha value is -3.21. The van der Waals surface area contributed by atoms with Crippen LogP contribution in [0.1, 0.15) is 17.2 Å². The molecule has 0 amide bonds. The van der Waals surface area contributed by atoms with Crippen LogP contribution < -0.4 is 4.74 Å². The molecule has 24 heavy (non-hydrogen) atoms. The van der Waals surface area contributed by atoms with Gasteiger partial charge in [-0.15, -0.1) is 0 Å². The normalized spacial score (nSPS) is 10.6. The van der Waals surface area contributed by atoms with Gasteiger partial charge in [-0.05, 0) is 17.2 Å². The molecule has 4 nitrogen and oxygen atoms in total. The maximum atomic E-state index is 13.6. The van der Waals surface area contributed by atoms with Crippen LogP contribution in [0.4, 0.5) is 10.1 Å². The Bertz CT molecular complexity index is 798. The van der Waals surface area contributed by atoms with Crippen LogP contribution >= 0.6 is 0 Å². The molecule has 0 bridgehead atoms. The largest absolute Gasteiger partial charge is 0.474 e. The van der Waals surface area contributed by atoms with Gasteiger partial charge in [0.2, 0.25) is 5.75 Å². The molecule has 0 aliphatic heterocycles. The molecule has 0 aliphatic rings. The van der Waals surface area contributed by atoms with E-state index in [2.05, 4.69) is 0 Å². The van der Waals surface area contributed by atoms with Gasteiger partial charge >= 0.3 is 5.69 Å². The lowest BCUT2D eigenvalue weighted by Gasteiger charge is -2.20. The van der Waals surface area contributed by atoms with Gasteiger partial charge in [-0.25, -0.2) is 4.39 Å². The van der Waals surface area contributed by atoms with Crippen LogP contribution in [0.5, 0.6) is 5.75 Å². The molecule has 5 heteroatoms. The van der Waals surface area contributed by atoms with Crippen molar-refractivity contribution in [2.45, 2.75) is 6.10 Å². The summed E-state index contributed by atoms with van der Waals surface area (Å²) in [6, 6.07) is 21.8. The summed E-state index contributed by atoms with van der Waals surface area (Å²) in [6.45, 7) is 0. The molecule has 0 N–H and O–H groups in total. The molecule has 0 aliphatic carbocycles. The highest BCUT2D eigenvalue weighted by Crippen LogP contribution is 2.34. The van der Waals surface area contributed by atoms with Gasteiger partial charge in [0, 0.05) is 12.1 Å². The molecule has 0 saturated carbocycles. The molecule has 3 rings (SSSR count). The van der Waals surface area contributed by atoms with Crippen LogP contribution in [0, 0.1) is 15.9 Å². The lowest BCUT2D eigenvalue weighted by Crippen LogP contribution is -2.10. The molecule has 0 radical (unpaired) electrons. The molecule has 3 aromatic rings. The summed E-state index contributed by atoms with van der Waals surface area (Å²) in [5.74, 6) is -0.687. The van der Waals surface area contributed by atoms with Crippen molar-refractivity contribution in [3.05, 3.63) is 106 Å². The Kier molecular flexibility index (Phi) is 4.52. The quantitative estimate of drug-likeness (QED) is 0.495. The van der Waals surface area contributed by atoms with Gasteiger partial charge < -0.3 is 4.74 Å². The van der Waals surface area contributed by atoms with Crippen molar-refractivity contribution in [2.75, 3.05) is 0 Å². The van der Waals surface area contributed by atoms with Gasteiger partial charge in [0.15, 0.2) is 0 Å². The van der Waals surface area contributed by atoms with Gasteiger partial charge in [0.25, 0.3) is 0 Å². The molecule has 3 aromatic carbocycles. The standard InChI is InChI=1S/C19H14FNO3/c20-16-11-12-17(21(22)23)18(13-16)24-19(14-7-3-1-4-8-14)15-9-5-2-6-10-15/h1-13,19H. The van der Waals surface area contributed by atoms with E-state index in [0.29, 0.717) is 0 Å². The maximum absolute atomic E-state index is 13.6. The Morgan fingerprint density at radius 3 is 1.92 bits per heavy atom. The zero-order valence-electron chi connectivity index (χ0n) is 12.6. The van der Waals surface area contributed by atoms with E-state index in [0.717, 1.165) is 29.3 Å². The molecule has 0 saturated heterocycles. The molecule has 0 atom stereocenters. The molecule has 0 unspecified atom stereocenters. The SMILES string of the molecule is O=[N+]([O-])c1ccc(F)cc1OC(c1ccccc1)c1ccccc1. The molecule has 0 aromatic heterocycles. The minimum atomic E-state index is -0.588. The molecule has 0 spiro atoms. The summed E-state index contributed by atoms with van der Waals surface area (Å²) in [4.78, 5) is 10.6. The fourth-order valence-electron chi connectivity index (χ4n) is 2.44. The lowest BCUT2D eigenvalue weighted by atomic mass is 10.0. The van der Waals surface area contributed by atoms with Gasteiger partial charge in [0.05, 0.1) is 4.92 Å². The number of ether oxygens (including phenoxy) is 1. The van der Waals surface area contributed by atoms with Crippen molar-refractivity contribution in [2.24, 2.45) is 0 Å². The van der Waals surface area contributed by atoms with Gasteiger partial charge in [-0.2, -0.15) is 0 Å². The van der Waals surface area contributed by atoms with Crippen LogP contribution in [-0.2, 0) is 0 Å². The number of nitro groups is 1. The maximum Gasteiger partial charge on any atom is 0.311 e. The van der Waals surface area contributed by atoms with Crippen molar-refractivity contribution in [1.29, 1.82) is 0 Å². The Labute approximate surface area is 138 Å². The fraction of sp³-hybridized carbons (Fsp3) is 0.0526. The number of hydrogen-bond acceptors (Lipinski definition) is 3. The first-order valence-electron chi connectivity index (χ1n) is 7.35. The third kappa shape index (κ3) is 3.41. The number of rotatable bonds is 5. The predicted octanol–water partition coefficient (Wildman–Crippen LogP) is 4.90. The average Bonchev–Trinajstić information content (AvgIpc) is 2.61. The van der Waals surface area contributed by atoms with Crippen molar-refractivity contribution in [1.82, 2.24) is 0 Å². The van der Waals surface area contributed by atoms with E-state index in [9.17, 15) is 14.5 Å². The summed E-state index contributed by atoms with van der Waals surface area (Å²) < 4.78 is 19.4. The summed E-state index contributed by atoms with van der Waals surface area (Å²) in [6.07, 6.45) is -0.576. The number of halogens is 1. The zero-order chi connectivity index (χ0) is 16.9. The van der Waals surface area contributed by atoms with Crippen LogP contribution in [0.3, 0.4) is 0 Å². The number of nitrogens with zero attached hydrogens (tertiary/aromatic N) is 1. The highest BCUT2D eigenvalue weighted by atomic mass is 19.1. The Morgan fingerprint density at radius 1 is 0.875 bits per heavy atom. The van der Waals surface area contributed by atoms with Crippen molar-refractivity contribution < 1.29 is 14.1 Å². The van der Waals surface area contributed by atoms with Crippen LogP contribution in [0.15, 0.2) is 78.9 Å². The second kappa shape index (κ2) is 6.91. The molecule has 0 fully saturated rings. The summed E-state index contributed by atoms with van der Waals surface area (Å²) >= 11 is 0. The van der Waals surface area contributed by atoms with E-state index in [1.165, 1.54) is 0 Å². The van der Waals surface area contributed by atoms with E-state index in [1.807, 2.05) is 60.7 Å². The van der Waals surface area contributed by atoms with Crippen LogP contribution in [-0.4, -0.2) is 4.92 Å². The monoisotopic (exact) mass is 323 g/mol. The first-order valence-corrected chi connectivity index (χ1v) is 7.35. The minimum absolute atomic E-state index is 0.0993. The van der Waals surface area contributed by atoms with Crippen molar-refractivity contribution in [3.8, 4) is 5.75 Å². The molecule has 0 heterocycles. The van der Waals surface area contributed by atoms with Gasteiger partial charge in [-0.1, -0.05) is 60.7 Å². The number of hydrogen-bond donors (Lipinski definition) is 0. The highest BCUT2D eigenvalue weighted by Gasteiger charge is 2.22. The van der Waals surface area contributed by atoms with E-state index in [-0.39, 0.29) is 11.4 Å². The predicted molar refractivity (Wildman–Crippen MR) is 88.4 cm³/mol.